The van der Waals surface area contributed by atoms with Gasteiger partial charge in [0.1, 0.15) is 5.82 Å². The van der Waals surface area contributed by atoms with E-state index in [0.717, 1.165) is 37.7 Å². The lowest BCUT2D eigenvalue weighted by Crippen LogP contribution is -2.29. The Labute approximate surface area is 103 Å². The van der Waals surface area contributed by atoms with Crippen molar-refractivity contribution in [2.75, 3.05) is 37.2 Å². The van der Waals surface area contributed by atoms with Crippen molar-refractivity contribution in [2.45, 2.75) is 27.2 Å². The molecule has 5 nitrogen and oxygen atoms in total. The summed E-state index contributed by atoms with van der Waals surface area (Å²) >= 11 is 0. The number of hydrogen-bond acceptors (Lipinski definition) is 5. The second kappa shape index (κ2) is 7.06. The third-order valence-corrected chi connectivity index (χ3v) is 2.59. The van der Waals surface area contributed by atoms with Crippen molar-refractivity contribution < 1.29 is 0 Å². The molecule has 0 aliphatic carbocycles. The normalized spacial score (nSPS) is 10.8. The van der Waals surface area contributed by atoms with E-state index < -0.39 is 0 Å². The summed E-state index contributed by atoms with van der Waals surface area (Å²) in [6, 6.07) is 1.91. The van der Waals surface area contributed by atoms with Crippen LogP contribution in [0.5, 0.6) is 0 Å². The molecule has 0 saturated heterocycles. The summed E-state index contributed by atoms with van der Waals surface area (Å²) in [5.41, 5.74) is 6.48. The van der Waals surface area contributed by atoms with Gasteiger partial charge in [-0.3, -0.25) is 0 Å². The molecule has 3 N–H and O–H groups in total. The van der Waals surface area contributed by atoms with Crippen LogP contribution in [0.4, 0.5) is 11.8 Å². The van der Waals surface area contributed by atoms with E-state index in [2.05, 4.69) is 34.0 Å². The van der Waals surface area contributed by atoms with Crippen molar-refractivity contribution in [2.24, 2.45) is 0 Å². The molecule has 0 atom stereocenters. The number of anilines is 2. The molecule has 0 bridgehead atoms. The summed E-state index contributed by atoms with van der Waals surface area (Å²) in [5, 5.41) is 3.28. The molecule has 1 aromatic heterocycles. The molecule has 17 heavy (non-hydrogen) atoms. The molecular weight excluding hydrogens is 214 g/mol. The van der Waals surface area contributed by atoms with E-state index in [-0.39, 0.29) is 0 Å². The number of nitrogens with zero attached hydrogens (tertiary/aromatic N) is 3. The molecule has 0 unspecified atom stereocenters. The van der Waals surface area contributed by atoms with E-state index in [1.165, 1.54) is 6.42 Å². The van der Waals surface area contributed by atoms with Gasteiger partial charge in [-0.15, -0.1) is 0 Å². The Morgan fingerprint density at radius 3 is 2.65 bits per heavy atom. The van der Waals surface area contributed by atoms with Gasteiger partial charge in [0.05, 0.1) is 0 Å². The minimum Gasteiger partial charge on any atom is -0.369 e. The fourth-order valence-electron chi connectivity index (χ4n) is 1.77. The highest BCUT2D eigenvalue weighted by Gasteiger charge is 2.02. The van der Waals surface area contributed by atoms with Gasteiger partial charge < -0.3 is 16.0 Å². The van der Waals surface area contributed by atoms with Gasteiger partial charge in [0.2, 0.25) is 5.95 Å². The lowest BCUT2D eigenvalue weighted by molar-refractivity contribution is 0.300. The van der Waals surface area contributed by atoms with E-state index in [1.54, 1.807) is 0 Å². The summed E-state index contributed by atoms with van der Waals surface area (Å²) in [5.74, 6) is 1.14. The average Bonchev–Trinajstić information content (AvgIpc) is 2.26. The van der Waals surface area contributed by atoms with Crippen molar-refractivity contribution in [3.05, 3.63) is 11.8 Å². The van der Waals surface area contributed by atoms with Gasteiger partial charge in [-0.05, 0) is 26.4 Å². The summed E-state index contributed by atoms with van der Waals surface area (Å²) in [6.45, 7) is 10.4. The quantitative estimate of drug-likeness (QED) is 0.752. The highest BCUT2D eigenvalue weighted by Crippen LogP contribution is 2.06. The van der Waals surface area contributed by atoms with Crippen LogP contribution in [-0.2, 0) is 0 Å². The van der Waals surface area contributed by atoms with Gasteiger partial charge >= 0.3 is 0 Å². The predicted octanol–water partition coefficient (Wildman–Crippen LogP) is 1.51. The van der Waals surface area contributed by atoms with Crippen molar-refractivity contribution in [3.8, 4) is 0 Å². The second-order valence-corrected chi connectivity index (χ2v) is 4.11. The van der Waals surface area contributed by atoms with Crippen LogP contribution in [0.15, 0.2) is 6.07 Å². The van der Waals surface area contributed by atoms with Gasteiger partial charge in [-0.2, -0.15) is 4.98 Å². The fourth-order valence-corrected chi connectivity index (χ4v) is 1.77. The number of nitrogen functional groups attached to an aromatic ring is 1. The van der Waals surface area contributed by atoms with Crippen molar-refractivity contribution in [1.82, 2.24) is 14.9 Å². The Morgan fingerprint density at radius 1 is 1.29 bits per heavy atom. The van der Waals surface area contributed by atoms with E-state index >= 15 is 0 Å². The number of nitrogens with two attached hydrogens (primary N) is 1. The summed E-state index contributed by atoms with van der Waals surface area (Å²) < 4.78 is 0. The molecule has 0 spiro atoms. The molecule has 1 aromatic rings. The third-order valence-electron chi connectivity index (χ3n) is 2.59. The predicted molar refractivity (Wildman–Crippen MR) is 72.1 cm³/mol. The molecule has 1 rings (SSSR count). The van der Waals surface area contributed by atoms with E-state index in [0.29, 0.717) is 5.95 Å². The minimum absolute atomic E-state index is 0.327. The molecule has 96 valence electrons. The molecule has 0 saturated carbocycles. The lowest BCUT2D eigenvalue weighted by Gasteiger charge is -2.19. The van der Waals surface area contributed by atoms with Crippen molar-refractivity contribution >= 4 is 11.8 Å². The van der Waals surface area contributed by atoms with Crippen LogP contribution in [0.3, 0.4) is 0 Å². The molecule has 0 amide bonds. The Morgan fingerprint density at radius 2 is 2.06 bits per heavy atom. The van der Waals surface area contributed by atoms with Gasteiger partial charge in [-0.25, -0.2) is 4.98 Å². The van der Waals surface area contributed by atoms with Gasteiger partial charge in [-0.1, -0.05) is 13.8 Å². The Kier molecular flexibility index (Phi) is 5.69. The fraction of sp³-hybridized carbons (Fsp3) is 0.667. The zero-order valence-corrected chi connectivity index (χ0v) is 11.0. The topological polar surface area (TPSA) is 67.1 Å². The molecule has 5 heteroatoms. The Balaban J connectivity index is 2.39. The maximum absolute atomic E-state index is 5.59. The van der Waals surface area contributed by atoms with Crippen LogP contribution < -0.4 is 11.1 Å². The van der Waals surface area contributed by atoms with Crippen LogP contribution in [0.1, 0.15) is 26.0 Å². The molecular formula is C12H23N5. The maximum Gasteiger partial charge on any atom is 0.222 e. The highest BCUT2D eigenvalue weighted by molar-refractivity contribution is 5.40. The van der Waals surface area contributed by atoms with Gasteiger partial charge in [0.15, 0.2) is 0 Å². The lowest BCUT2D eigenvalue weighted by atomic mass is 10.4. The van der Waals surface area contributed by atoms with E-state index in [4.69, 9.17) is 5.73 Å². The second-order valence-electron chi connectivity index (χ2n) is 4.11. The van der Waals surface area contributed by atoms with Crippen LogP contribution in [0, 0.1) is 6.92 Å². The molecule has 0 aliphatic rings. The summed E-state index contributed by atoms with van der Waals surface area (Å²) in [7, 11) is 0. The third kappa shape index (κ3) is 4.99. The first-order valence-corrected chi connectivity index (χ1v) is 6.23. The molecule has 0 aromatic carbocycles. The number of rotatable bonds is 7. The first-order valence-electron chi connectivity index (χ1n) is 6.23. The zero-order valence-electron chi connectivity index (χ0n) is 11.0. The number of aryl methyl sites for hydroxylation is 1. The minimum atomic E-state index is 0.327. The first-order chi connectivity index (χ1) is 8.15. The number of likely N-dealkylation sites (N-methyl/N-ethyl adjacent to an activating group) is 1. The Hall–Kier alpha value is -1.36. The smallest absolute Gasteiger partial charge is 0.222 e. The van der Waals surface area contributed by atoms with Crippen molar-refractivity contribution in [1.29, 1.82) is 0 Å². The van der Waals surface area contributed by atoms with Crippen LogP contribution in [0.25, 0.3) is 0 Å². The van der Waals surface area contributed by atoms with Gasteiger partial charge in [0, 0.05) is 24.8 Å². The number of hydrogen-bond donors (Lipinski definition) is 2. The van der Waals surface area contributed by atoms with Crippen molar-refractivity contribution in [3.63, 3.8) is 0 Å². The standard InChI is InChI=1S/C12H23N5/c1-4-7-17(5-2)8-6-14-11-9-10(3)15-12(13)16-11/h9H,4-8H2,1-3H3,(H3,13,14,15,16). The summed E-state index contributed by atoms with van der Waals surface area (Å²) in [4.78, 5) is 10.6. The molecule has 0 aliphatic heterocycles. The van der Waals surface area contributed by atoms with E-state index in [1.807, 2.05) is 13.0 Å². The van der Waals surface area contributed by atoms with Crippen LogP contribution >= 0.6 is 0 Å². The monoisotopic (exact) mass is 237 g/mol. The highest BCUT2D eigenvalue weighted by atomic mass is 15.1. The number of nitrogens with one attached hydrogen (secondary N) is 1. The Bertz CT molecular complexity index is 319. The zero-order chi connectivity index (χ0) is 12.7. The average molecular weight is 237 g/mol. The first kappa shape index (κ1) is 13.7. The van der Waals surface area contributed by atoms with Gasteiger partial charge in [0.25, 0.3) is 0 Å². The summed E-state index contributed by atoms with van der Waals surface area (Å²) in [6.07, 6.45) is 1.19. The SMILES string of the molecule is CCCN(CC)CCNc1cc(C)nc(N)n1. The molecule has 0 radical (unpaired) electrons. The maximum atomic E-state index is 5.59. The molecule has 0 fully saturated rings. The molecule has 1 heterocycles. The number of aromatic nitrogens is 2. The van der Waals surface area contributed by atoms with Crippen LogP contribution in [0.2, 0.25) is 0 Å². The van der Waals surface area contributed by atoms with E-state index in [9.17, 15) is 0 Å². The van der Waals surface area contributed by atoms with Crippen LogP contribution in [-0.4, -0.2) is 41.0 Å². The largest absolute Gasteiger partial charge is 0.369 e.